The zero-order chi connectivity index (χ0) is 17.7. The van der Waals surface area contributed by atoms with E-state index < -0.39 is 17.3 Å². The van der Waals surface area contributed by atoms with E-state index in [0.717, 1.165) is 11.3 Å². The van der Waals surface area contributed by atoms with E-state index in [1.807, 2.05) is 31.2 Å². The van der Waals surface area contributed by atoms with Crippen LogP contribution in [0, 0.1) is 6.92 Å². The standard InChI is InChI=1S/C18H19N3O3/c1-11-4-6-12(7-5-11)21-10-15-17(23)13(8-19-2)16(22)14(9-20-3)18(15)24/h4-10,19-21H,1-3H3/b13-8-,14-9+,15-10-. The van der Waals surface area contributed by atoms with Gasteiger partial charge in [-0.15, -0.1) is 0 Å². The Morgan fingerprint density at radius 3 is 1.54 bits per heavy atom. The maximum Gasteiger partial charge on any atom is 0.203 e. The molecule has 0 aliphatic heterocycles. The Morgan fingerprint density at radius 1 is 0.708 bits per heavy atom. The van der Waals surface area contributed by atoms with Crippen molar-refractivity contribution in [2.24, 2.45) is 0 Å². The largest absolute Gasteiger partial charge is 0.393 e. The van der Waals surface area contributed by atoms with Gasteiger partial charge in [-0.2, -0.15) is 0 Å². The van der Waals surface area contributed by atoms with Crippen molar-refractivity contribution in [3.05, 3.63) is 65.1 Å². The van der Waals surface area contributed by atoms with E-state index >= 15 is 0 Å². The fraction of sp³-hybridized carbons (Fsp3) is 0.167. The second-order valence-electron chi connectivity index (χ2n) is 5.25. The predicted octanol–water partition coefficient (Wildman–Crippen LogP) is 1.22. The van der Waals surface area contributed by atoms with Crippen LogP contribution in [0.5, 0.6) is 0 Å². The normalized spacial score (nSPS) is 20.0. The van der Waals surface area contributed by atoms with Crippen molar-refractivity contribution in [2.45, 2.75) is 6.92 Å². The minimum Gasteiger partial charge on any atom is -0.393 e. The summed E-state index contributed by atoms with van der Waals surface area (Å²) >= 11 is 0. The average Bonchev–Trinajstić information content (AvgIpc) is 2.57. The summed E-state index contributed by atoms with van der Waals surface area (Å²) in [6.45, 7) is 1.96. The number of Topliss-reactive ketones (excluding diaryl/α,β-unsaturated/α-hetero) is 3. The molecule has 1 aliphatic carbocycles. The van der Waals surface area contributed by atoms with E-state index in [2.05, 4.69) is 16.0 Å². The molecule has 1 saturated carbocycles. The van der Waals surface area contributed by atoms with Gasteiger partial charge in [0.05, 0.1) is 16.7 Å². The van der Waals surface area contributed by atoms with Crippen molar-refractivity contribution in [1.29, 1.82) is 0 Å². The molecule has 24 heavy (non-hydrogen) atoms. The lowest BCUT2D eigenvalue weighted by Crippen LogP contribution is -2.33. The molecule has 0 amide bonds. The monoisotopic (exact) mass is 325 g/mol. The fourth-order valence-electron chi connectivity index (χ4n) is 2.23. The van der Waals surface area contributed by atoms with E-state index in [9.17, 15) is 14.4 Å². The van der Waals surface area contributed by atoms with Gasteiger partial charge in [0.1, 0.15) is 0 Å². The second kappa shape index (κ2) is 7.41. The summed E-state index contributed by atoms with van der Waals surface area (Å²) in [6.07, 6.45) is 3.95. The Kier molecular flexibility index (Phi) is 5.31. The first-order chi connectivity index (χ1) is 11.5. The summed E-state index contributed by atoms with van der Waals surface area (Å²) in [7, 11) is 3.17. The molecule has 124 valence electrons. The van der Waals surface area contributed by atoms with E-state index in [4.69, 9.17) is 0 Å². The first-order valence-electron chi connectivity index (χ1n) is 7.42. The molecule has 1 aliphatic rings. The molecule has 3 N–H and O–H groups in total. The summed E-state index contributed by atoms with van der Waals surface area (Å²) in [5, 5.41) is 8.26. The third-order valence-corrected chi connectivity index (χ3v) is 3.48. The van der Waals surface area contributed by atoms with Gasteiger partial charge in [0.15, 0.2) is 0 Å². The van der Waals surface area contributed by atoms with Crippen LogP contribution in [-0.4, -0.2) is 31.4 Å². The molecule has 1 aromatic carbocycles. The van der Waals surface area contributed by atoms with E-state index in [0.29, 0.717) is 0 Å². The highest BCUT2D eigenvalue weighted by molar-refractivity contribution is 6.51. The number of nitrogens with one attached hydrogen (secondary N) is 3. The summed E-state index contributed by atoms with van der Waals surface area (Å²) in [6, 6.07) is 7.50. The Balaban J connectivity index is 2.40. The maximum absolute atomic E-state index is 12.5. The highest BCUT2D eigenvalue weighted by Gasteiger charge is 2.38. The lowest BCUT2D eigenvalue weighted by Gasteiger charge is -2.17. The van der Waals surface area contributed by atoms with Crippen LogP contribution < -0.4 is 16.0 Å². The molecule has 0 aromatic heterocycles. The summed E-state index contributed by atoms with van der Waals surface area (Å²) in [5.41, 5.74) is 1.61. The molecule has 1 aromatic rings. The number of anilines is 1. The SMILES string of the molecule is CN/C=C1/C(=O)/C(=C\NC)C(=O)/C(=C\Nc2ccc(C)cc2)C1=O. The number of aryl methyl sites for hydroxylation is 1. The van der Waals surface area contributed by atoms with Crippen molar-refractivity contribution in [2.75, 3.05) is 19.4 Å². The van der Waals surface area contributed by atoms with Gasteiger partial charge in [-0.25, -0.2) is 0 Å². The van der Waals surface area contributed by atoms with E-state index in [1.54, 1.807) is 14.1 Å². The number of ketones is 3. The van der Waals surface area contributed by atoms with E-state index in [1.165, 1.54) is 18.6 Å². The first kappa shape index (κ1) is 17.2. The quantitative estimate of drug-likeness (QED) is 0.570. The molecule has 0 heterocycles. The van der Waals surface area contributed by atoms with Gasteiger partial charge in [0, 0.05) is 38.4 Å². The van der Waals surface area contributed by atoms with Crippen LogP contribution in [0.2, 0.25) is 0 Å². The number of allylic oxidation sites excluding steroid dienone is 3. The third kappa shape index (κ3) is 3.43. The second-order valence-corrected chi connectivity index (χ2v) is 5.25. The highest BCUT2D eigenvalue weighted by Crippen LogP contribution is 2.23. The Hall–Kier alpha value is -3.15. The molecule has 0 saturated heterocycles. The van der Waals surface area contributed by atoms with Crippen molar-refractivity contribution < 1.29 is 14.4 Å². The number of carbonyl (C=O) groups is 3. The number of hydrogen-bond acceptors (Lipinski definition) is 6. The third-order valence-electron chi connectivity index (χ3n) is 3.48. The predicted molar refractivity (Wildman–Crippen MR) is 92.2 cm³/mol. The number of benzene rings is 1. The molecule has 2 rings (SSSR count). The minimum absolute atomic E-state index is 0.0736. The average molecular weight is 325 g/mol. The van der Waals surface area contributed by atoms with Crippen LogP contribution >= 0.6 is 0 Å². The number of hydrogen-bond donors (Lipinski definition) is 3. The van der Waals surface area contributed by atoms with Gasteiger partial charge in [-0.05, 0) is 19.1 Å². The molecule has 6 nitrogen and oxygen atoms in total. The summed E-state index contributed by atoms with van der Waals surface area (Å²) < 4.78 is 0. The Labute approximate surface area is 140 Å². The van der Waals surface area contributed by atoms with Crippen molar-refractivity contribution in [3.63, 3.8) is 0 Å². The van der Waals surface area contributed by atoms with Crippen molar-refractivity contribution in [3.8, 4) is 0 Å². The molecule has 1 fully saturated rings. The lowest BCUT2D eigenvalue weighted by molar-refractivity contribution is -0.124. The highest BCUT2D eigenvalue weighted by atomic mass is 16.2. The van der Waals surface area contributed by atoms with Crippen LogP contribution in [0.25, 0.3) is 0 Å². The molecule has 0 atom stereocenters. The van der Waals surface area contributed by atoms with Crippen LogP contribution in [-0.2, 0) is 14.4 Å². The molecule has 0 spiro atoms. The molecule has 6 heteroatoms. The van der Waals surface area contributed by atoms with Crippen LogP contribution in [0.15, 0.2) is 59.6 Å². The van der Waals surface area contributed by atoms with Crippen LogP contribution in [0.3, 0.4) is 0 Å². The van der Waals surface area contributed by atoms with Crippen molar-refractivity contribution in [1.82, 2.24) is 10.6 Å². The topological polar surface area (TPSA) is 87.3 Å². The first-order valence-corrected chi connectivity index (χ1v) is 7.42. The molecular formula is C18H19N3O3. The van der Waals surface area contributed by atoms with E-state index in [-0.39, 0.29) is 16.7 Å². The van der Waals surface area contributed by atoms with Gasteiger partial charge in [0.25, 0.3) is 0 Å². The molecule has 0 radical (unpaired) electrons. The van der Waals surface area contributed by atoms with Crippen LogP contribution in [0.1, 0.15) is 5.56 Å². The Morgan fingerprint density at radius 2 is 1.12 bits per heavy atom. The van der Waals surface area contributed by atoms with Gasteiger partial charge in [-0.3, -0.25) is 14.4 Å². The van der Waals surface area contributed by atoms with Gasteiger partial charge in [0.2, 0.25) is 17.3 Å². The van der Waals surface area contributed by atoms with Crippen molar-refractivity contribution >= 4 is 23.0 Å². The van der Waals surface area contributed by atoms with Gasteiger partial charge in [-0.1, -0.05) is 17.7 Å². The zero-order valence-corrected chi connectivity index (χ0v) is 13.8. The smallest absolute Gasteiger partial charge is 0.203 e. The number of carbonyl (C=O) groups excluding carboxylic acids is 3. The van der Waals surface area contributed by atoms with Crippen LogP contribution in [0.4, 0.5) is 5.69 Å². The zero-order valence-electron chi connectivity index (χ0n) is 13.8. The Bertz CT molecular complexity index is 733. The minimum atomic E-state index is -0.604. The summed E-state index contributed by atoms with van der Waals surface area (Å²) in [5.74, 6) is -1.80. The number of rotatable bonds is 4. The summed E-state index contributed by atoms with van der Waals surface area (Å²) in [4.78, 5) is 37.2. The molecular weight excluding hydrogens is 306 g/mol. The maximum atomic E-state index is 12.5. The molecule has 0 unspecified atom stereocenters. The van der Waals surface area contributed by atoms with Gasteiger partial charge >= 0.3 is 0 Å². The fourth-order valence-corrected chi connectivity index (χ4v) is 2.23. The lowest BCUT2D eigenvalue weighted by atomic mass is 9.84. The van der Waals surface area contributed by atoms with Gasteiger partial charge < -0.3 is 16.0 Å². The molecule has 0 bridgehead atoms.